The summed E-state index contributed by atoms with van der Waals surface area (Å²) in [4.78, 5) is 0. The van der Waals surface area contributed by atoms with Gasteiger partial charge >= 0.3 is 0 Å². The minimum absolute atomic E-state index is 0.236. The third kappa shape index (κ3) is 3.89. The lowest BCUT2D eigenvalue weighted by Crippen LogP contribution is -1.99. The highest BCUT2D eigenvalue weighted by Crippen LogP contribution is 2.11. The predicted octanol–water partition coefficient (Wildman–Crippen LogP) is 2.73. The van der Waals surface area contributed by atoms with E-state index in [0.29, 0.717) is 18.9 Å². The van der Waals surface area contributed by atoms with Gasteiger partial charge in [0, 0.05) is 4.47 Å². The maximum absolute atomic E-state index is 12.1. The Morgan fingerprint density at radius 2 is 2.00 bits per heavy atom. The highest BCUT2D eigenvalue weighted by molar-refractivity contribution is 9.10. The van der Waals surface area contributed by atoms with Gasteiger partial charge in [0.25, 0.3) is 0 Å². The fourth-order valence-corrected chi connectivity index (χ4v) is 1.72. The van der Waals surface area contributed by atoms with E-state index in [0.717, 1.165) is 10.0 Å². The van der Waals surface area contributed by atoms with E-state index >= 15 is 0 Å². The fraction of sp³-hybridized carbons (Fsp3) is 0.333. The van der Waals surface area contributed by atoms with Crippen molar-refractivity contribution in [3.63, 3.8) is 0 Å². The molecule has 0 N–H and O–H groups in total. The molecule has 96 valence electrons. The molecular weight excluding hydrogens is 301 g/mol. The zero-order valence-corrected chi connectivity index (χ0v) is 11.3. The molecule has 1 aromatic carbocycles. The number of ether oxygens (including phenoxy) is 1. The van der Waals surface area contributed by atoms with E-state index in [1.54, 1.807) is 6.20 Å². The quantitative estimate of drug-likeness (QED) is 0.823. The van der Waals surface area contributed by atoms with Crippen molar-refractivity contribution >= 4 is 15.9 Å². The van der Waals surface area contributed by atoms with Crippen LogP contribution in [0.3, 0.4) is 0 Å². The normalized spacial score (nSPS) is 10.8. The molecular formula is C12H13BrFN3O. The summed E-state index contributed by atoms with van der Waals surface area (Å²) < 4.78 is 20.1. The first kappa shape index (κ1) is 13.2. The van der Waals surface area contributed by atoms with Crippen LogP contribution in [0.1, 0.15) is 11.3 Å². The molecule has 1 heterocycles. The Labute approximate surface area is 113 Å². The largest absolute Gasteiger partial charge is 0.370 e. The highest BCUT2D eigenvalue weighted by atomic mass is 79.9. The van der Waals surface area contributed by atoms with E-state index in [4.69, 9.17) is 4.74 Å². The lowest BCUT2D eigenvalue weighted by molar-refractivity contribution is 0.104. The van der Waals surface area contributed by atoms with Gasteiger partial charge in [-0.3, -0.25) is 0 Å². The Hall–Kier alpha value is -1.27. The molecule has 18 heavy (non-hydrogen) atoms. The van der Waals surface area contributed by atoms with Gasteiger partial charge in [0.05, 0.1) is 26.0 Å². The molecule has 0 fully saturated rings. The van der Waals surface area contributed by atoms with E-state index in [2.05, 4.69) is 26.2 Å². The number of benzene rings is 1. The molecule has 6 heteroatoms. The van der Waals surface area contributed by atoms with Gasteiger partial charge in [-0.25, -0.2) is 9.07 Å². The van der Waals surface area contributed by atoms with Crippen LogP contribution in [0.4, 0.5) is 4.39 Å². The second kappa shape index (κ2) is 6.61. The number of aryl methyl sites for hydroxylation is 1. The molecule has 0 radical (unpaired) electrons. The molecule has 0 spiro atoms. The van der Waals surface area contributed by atoms with Crippen LogP contribution in [0.5, 0.6) is 0 Å². The summed E-state index contributed by atoms with van der Waals surface area (Å²) in [6, 6.07) is 7.92. The van der Waals surface area contributed by atoms with Crippen LogP contribution < -0.4 is 0 Å². The molecule has 0 aliphatic rings. The molecule has 0 unspecified atom stereocenters. The number of hydrogen-bond donors (Lipinski definition) is 0. The van der Waals surface area contributed by atoms with Crippen LogP contribution in [-0.2, 0) is 24.5 Å². The smallest absolute Gasteiger partial charge is 0.109 e. The number of nitrogens with zero attached hydrogens (tertiary/aromatic N) is 3. The molecule has 1 aromatic heterocycles. The molecule has 2 rings (SSSR count). The Morgan fingerprint density at radius 3 is 2.72 bits per heavy atom. The zero-order chi connectivity index (χ0) is 12.8. The van der Waals surface area contributed by atoms with Gasteiger partial charge in [0.1, 0.15) is 12.4 Å². The van der Waals surface area contributed by atoms with Crippen LogP contribution in [-0.4, -0.2) is 21.7 Å². The second-order valence-electron chi connectivity index (χ2n) is 3.78. The van der Waals surface area contributed by atoms with Crippen LogP contribution >= 0.6 is 15.9 Å². The summed E-state index contributed by atoms with van der Waals surface area (Å²) >= 11 is 3.38. The molecule has 0 aliphatic carbocycles. The maximum atomic E-state index is 12.1. The van der Waals surface area contributed by atoms with Crippen LogP contribution in [0.15, 0.2) is 34.9 Å². The first-order chi connectivity index (χ1) is 8.78. The topological polar surface area (TPSA) is 39.9 Å². The summed E-state index contributed by atoms with van der Waals surface area (Å²) in [6.45, 7) is 0.688. The van der Waals surface area contributed by atoms with Gasteiger partial charge in [-0.15, -0.1) is 5.10 Å². The van der Waals surface area contributed by atoms with Crippen LogP contribution in [0, 0.1) is 0 Å². The molecule has 2 aromatic rings. The molecule has 0 saturated heterocycles. The zero-order valence-electron chi connectivity index (χ0n) is 9.72. The summed E-state index contributed by atoms with van der Waals surface area (Å²) in [5.41, 5.74) is 1.80. The lowest BCUT2D eigenvalue weighted by atomic mass is 10.2. The monoisotopic (exact) mass is 313 g/mol. The van der Waals surface area contributed by atoms with Crippen molar-refractivity contribution in [3.05, 3.63) is 46.2 Å². The van der Waals surface area contributed by atoms with Gasteiger partial charge in [-0.1, -0.05) is 33.3 Å². The average Bonchev–Trinajstić information content (AvgIpc) is 2.80. The molecule has 0 atom stereocenters. The average molecular weight is 314 g/mol. The Morgan fingerprint density at radius 1 is 1.22 bits per heavy atom. The van der Waals surface area contributed by atoms with Crippen molar-refractivity contribution in [3.8, 4) is 0 Å². The summed E-state index contributed by atoms with van der Waals surface area (Å²) in [7, 11) is 0. The molecule has 0 bridgehead atoms. The minimum Gasteiger partial charge on any atom is -0.370 e. The van der Waals surface area contributed by atoms with Crippen molar-refractivity contribution in [1.29, 1.82) is 0 Å². The highest BCUT2D eigenvalue weighted by Gasteiger charge is 2.01. The van der Waals surface area contributed by atoms with E-state index in [-0.39, 0.29) is 6.54 Å². The number of hydrogen-bond acceptors (Lipinski definition) is 3. The van der Waals surface area contributed by atoms with E-state index in [9.17, 15) is 4.39 Å². The Bertz CT molecular complexity index is 486. The van der Waals surface area contributed by atoms with Crippen LogP contribution in [0.25, 0.3) is 0 Å². The SMILES string of the molecule is FCCn1cc(COCc2ccc(Br)cc2)nn1. The van der Waals surface area contributed by atoms with Crippen molar-refractivity contribution in [2.75, 3.05) is 6.67 Å². The van der Waals surface area contributed by atoms with Gasteiger partial charge in [-0.05, 0) is 17.7 Å². The van der Waals surface area contributed by atoms with Crippen LogP contribution in [0.2, 0.25) is 0 Å². The van der Waals surface area contributed by atoms with Crippen molar-refractivity contribution < 1.29 is 9.13 Å². The molecule has 0 aliphatic heterocycles. The standard InChI is InChI=1S/C12H13BrFN3O/c13-11-3-1-10(2-4-11)8-18-9-12-7-17(6-5-14)16-15-12/h1-4,7H,5-6,8-9H2. The third-order valence-electron chi connectivity index (χ3n) is 2.33. The fourth-order valence-electron chi connectivity index (χ4n) is 1.45. The number of rotatable bonds is 6. The van der Waals surface area contributed by atoms with E-state index < -0.39 is 6.67 Å². The van der Waals surface area contributed by atoms with Gasteiger partial charge in [0.15, 0.2) is 0 Å². The van der Waals surface area contributed by atoms with E-state index in [1.165, 1.54) is 4.68 Å². The number of halogens is 2. The molecule has 0 saturated carbocycles. The Balaban J connectivity index is 1.79. The number of aromatic nitrogens is 3. The third-order valence-corrected chi connectivity index (χ3v) is 2.86. The van der Waals surface area contributed by atoms with Gasteiger partial charge in [0.2, 0.25) is 0 Å². The van der Waals surface area contributed by atoms with Gasteiger partial charge in [-0.2, -0.15) is 0 Å². The predicted molar refractivity (Wildman–Crippen MR) is 68.6 cm³/mol. The van der Waals surface area contributed by atoms with E-state index in [1.807, 2.05) is 24.3 Å². The van der Waals surface area contributed by atoms with Crippen molar-refractivity contribution in [2.24, 2.45) is 0 Å². The van der Waals surface area contributed by atoms with Gasteiger partial charge < -0.3 is 4.74 Å². The Kier molecular flexibility index (Phi) is 4.83. The van der Waals surface area contributed by atoms with Crippen molar-refractivity contribution in [1.82, 2.24) is 15.0 Å². The first-order valence-electron chi connectivity index (χ1n) is 5.55. The minimum atomic E-state index is -0.442. The summed E-state index contributed by atoms with van der Waals surface area (Å²) in [6.07, 6.45) is 1.70. The number of alkyl halides is 1. The lowest BCUT2D eigenvalue weighted by Gasteiger charge is -2.02. The summed E-state index contributed by atoms with van der Waals surface area (Å²) in [5.74, 6) is 0. The maximum Gasteiger partial charge on any atom is 0.109 e. The summed E-state index contributed by atoms with van der Waals surface area (Å²) in [5, 5.41) is 7.68. The van der Waals surface area contributed by atoms with Crippen molar-refractivity contribution in [2.45, 2.75) is 19.8 Å². The first-order valence-corrected chi connectivity index (χ1v) is 6.34. The second-order valence-corrected chi connectivity index (χ2v) is 4.70. The molecule has 0 amide bonds. The molecule has 4 nitrogen and oxygen atoms in total.